The van der Waals surface area contributed by atoms with E-state index in [-0.39, 0.29) is 17.6 Å². The monoisotopic (exact) mass is 399 g/mol. The quantitative estimate of drug-likeness (QED) is 0.829. The van der Waals surface area contributed by atoms with Crippen LogP contribution in [-0.2, 0) is 14.8 Å². The van der Waals surface area contributed by atoms with Gasteiger partial charge >= 0.3 is 0 Å². The van der Waals surface area contributed by atoms with Crippen molar-refractivity contribution in [1.82, 2.24) is 4.90 Å². The number of fused-ring (bicyclic) bond motifs is 2. The molecule has 0 unspecified atom stereocenters. The number of likely N-dealkylation sites (tertiary alicyclic amines) is 1. The van der Waals surface area contributed by atoms with Crippen molar-refractivity contribution in [2.45, 2.75) is 23.8 Å². The maximum atomic E-state index is 12.9. The van der Waals surface area contributed by atoms with E-state index in [1.165, 1.54) is 0 Å². The number of nitrogens with one attached hydrogen (secondary N) is 1. The van der Waals surface area contributed by atoms with E-state index in [9.17, 15) is 13.2 Å². The zero-order chi connectivity index (χ0) is 19.3. The van der Waals surface area contributed by atoms with Gasteiger partial charge in [-0.25, -0.2) is 0 Å². The van der Waals surface area contributed by atoms with Crippen LogP contribution in [0.3, 0.4) is 0 Å². The first kappa shape index (κ1) is 17.1. The average molecular weight is 399 g/mol. The summed E-state index contributed by atoms with van der Waals surface area (Å²) in [6.45, 7) is 0.735. The summed E-state index contributed by atoms with van der Waals surface area (Å²) < 4.78 is 39.3. The number of carbonyl (C=O) groups is 1. The Balaban J connectivity index is 1.41. The molecule has 3 heterocycles. The molecule has 5 rings (SSSR count). The van der Waals surface area contributed by atoms with Crippen molar-refractivity contribution in [2.24, 2.45) is 4.40 Å². The molecule has 8 nitrogen and oxygen atoms in total. The van der Waals surface area contributed by atoms with Gasteiger partial charge in [-0.1, -0.05) is 12.1 Å². The second kappa shape index (κ2) is 6.23. The Kier molecular flexibility index (Phi) is 3.80. The number of hydrogen-bond acceptors (Lipinski definition) is 6. The summed E-state index contributed by atoms with van der Waals surface area (Å²) in [6.07, 6.45) is 1.40. The van der Waals surface area contributed by atoms with Gasteiger partial charge in [0.1, 0.15) is 10.9 Å². The fourth-order valence-corrected chi connectivity index (χ4v) is 5.01. The Hall–Kier alpha value is -3.07. The van der Waals surface area contributed by atoms with Crippen molar-refractivity contribution in [2.75, 3.05) is 18.7 Å². The van der Waals surface area contributed by atoms with E-state index in [1.54, 1.807) is 47.4 Å². The molecule has 0 radical (unpaired) electrons. The summed E-state index contributed by atoms with van der Waals surface area (Å²) in [6, 6.07) is 11.4. The Labute approximate surface area is 161 Å². The van der Waals surface area contributed by atoms with Gasteiger partial charge in [0.15, 0.2) is 17.3 Å². The smallest absolute Gasteiger partial charge is 0.285 e. The normalized spacial score (nSPS) is 21.4. The van der Waals surface area contributed by atoms with Crippen LogP contribution in [0, 0.1) is 0 Å². The zero-order valence-corrected chi connectivity index (χ0v) is 15.6. The minimum Gasteiger partial charge on any atom is -0.454 e. The van der Waals surface area contributed by atoms with Crippen molar-refractivity contribution in [1.29, 1.82) is 0 Å². The molecule has 1 amide bonds. The second-order valence-electron chi connectivity index (χ2n) is 6.79. The first-order valence-electron chi connectivity index (χ1n) is 8.94. The summed E-state index contributed by atoms with van der Waals surface area (Å²) in [7, 11) is -3.72. The van der Waals surface area contributed by atoms with Gasteiger partial charge in [-0.15, -0.1) is 4.40 Å². The minimum absolute atomic E-state index is 0.164. The van der Waals surface area contributed by atoms with Crippen LogP contribution in [0.5, 0.6) is 11.5 Å². The number of ether oxygens (including phenoxy) is 2. The van der Waals surface area contributed by atoms with Crippen LogP contribution >= 0.6 is 0 Å². The number of anilines is 1. The number of carbonyl (C=O) groups excluding carboxylic acids is 1. The van der Waals surface area contributed by atoms with Gasteiger partial charge in [-0.3, -0.25) is 4.79 Å². The number of hydrogen-bond donors (Lipinski definition) is 1. The molecule has 0 spiro atoms. The fourth-order valence-electron chi connectivity index (χ4n) is 3.79. The first-order chi connectivity index (χ1) is 13.5. The van der Waals surface area contributed by atoms with Gasteiger partial charge < -0.3 is 19.7 Å². The largest absolute Gasteiger partial charge is 0.454 e. The van der Waals surface area contributed by atoms with Gasteiger partial charge in [0.2, 0.25) is 12.7 Å². The highest BCUT2D eigenvalue weighted by atomic mass is 32.2. The van der Waals surface area contributed by atoms with Crippen LogP contribution in [-0.4, -0.2) is 44.4 Å². The van der Waals surface area contributed by atoms with E-state index in [2.05, 4.69) is 9.71 Å². The molecular weight excluding hydrogens is 382 g/mol. The molecule has 3 aliphatic rings. The topological polar surface area (TPSA) is 97.3 Å². The third-order valence-corrected chi connectivity index (χ3v) is 6.41. The minimum atomic E-state index is -3.72. The van der Waals surface area contributed by atoms with Gasteiger partial charge in [0.05, 0.1) is 0 Å². The molecule has 144 valence electrons. The zero-order valence-electron chi connectivity index (χ0n) is 14.8. The summed E-state index contributed by atoms with van der Waals surface area (Å²) in [4.78, 5) is 14.9. The van der Waals surface area contributed by atoms with E-state index >= 15 is 0 Å². The molecule has 9 heteroatoms. The molecule has 3 aliphatic heterocycles. The van der Waals surface area contributed by atoms with Crippen LogP contribution in [0.25, 0.3) is 0 Å². The highest BCUT2D eigenvalue weighted by molar-refractivity contribution is 7.90. The first-order valence-corrected chi connectivity index (χ1v) is 10.4. The van der Waals surface area contributed by atoms with E-state index in [0.717, 1.165) is 6.42 Å². The standard InChI is InChI=1S/C19H17N3O5S/c23-19(20-12-7-8-15-16(10-12)27-11-26-15)14-5-3-9-22(14)18-13-4-1-2-6-17(13)28(24,25)21-18/h1-2,4,6-8,10,14H,3,5,9,11H2,(H,20,23)/t14-/m1/s1. The average Bonchev–Trinajstić information content (AvgIpc) is 3.39. The number of rotatable bonds is 2. The summed E-state index contributed by atoms with van der Waals surface area (Å²) in [5, 5.41) is 2.89. The Bertz CT molecular complexity index is 1110. The predicted octanol–water partition coefficient (Wildman–Crippen LogP) is 1.97. The van der Waals surface area contributed by atoms with Crippen molar-refractivity contribution in [3.63, 3.8) is 0 Å². The van der Waals surface area contributed by atoms with Gasteiger partial charge in [-0.05, 0) is 37.1 Å². The number of amidine groups is 1. The van der Waals surface area contributed by atoms with Crippen molar-refractivity contribution >= 4 is 27.5 Å². The molecule has 0 bridgehead atoms. The van der Waals surface area contributed by atoms with Crippen LogP contribution in [0.15, 0.2) is 51.8 Å². The lowest BCUT2D eigenvalue weighted by molar-refractivity contribution is -0.119. The van der Waals surface area contributed by atoms with E-state index in [4.69, 9.17) is 9.47 Å². The van der Waals surface area contributed by atoms with Crippen LogP contribution < -0.4 is 14.8 Å². The molecule has 2 aromatic carbocycles. The molecular formula is C19H17N3O5S. The highest BCUT2D eigenvalue weighted by Crippen LogP contribution is 2.35. The number of nitrogens with zero attached hydrogens (tertiary/aromatic N) is 2. The summed E-state index contributed by atoms with van der Waals surface area (Å²) in [5.41, 5.74) is 1.15. The molecule has 1 fully saturated rings. The summed E-state index contributed by atoms with van der Waals surface area (Å²) in [5.74, 6) is 1.36. The maximum Gasteiger partial charge on any atom is 0.285 e. The Morgan fingerprint density at radius 3 is 2.86 bits per heavy atom. The third-order valence-electron chi connectivity index (χ3n) is 5.08. The highest BCUT2D eigenvalue weighted by Gasteiger charge is 2.39. The molecule has 28 heavy (non-hydrogen) atoms. The molecule has 0 aliphatic carbocycles. The third kappa shape index (κ3) is 2.70. The van der Waals surface area contributed by atoms with Crippen molar-refractivity contribution < 1.29 is 22.7 Å². The lowest BCUT2D eigenvalue weighted by Crippen LogP contribution is -2.43. The van der Waals surface area contributed by atoms with E-state index < -0.39 is 16.1 Å². The number of benzene rings is 2. The van der Waals surface area contributed by atoms with Gasteiger partial charge in [0.25, 0.3) is 10.0 Å². The van der Waals surface area contributed by atoms with Crippen LogP contribution in [0.2, 0.25) is 0 Å². The number of sulfonamides is 1. The Morgan fingerprint density at radius 2 is 1.96 bits per heavy atom. The van der Waals surface area contributed by atoms with Crippen LogP contribution in [0.1, 0.15) is 18.4 Å². The lowest BCUT2D eigenvalue weighted by Gasteiger charge is -2.25. The number of amides is 1. The van der Waals surface area contributed by atoms with Crippen LogP contribution in [0.4, 0.5) is 5.69 Å². The molecule has 1 saturated heterocycles. The van der Waals surface area contributed by atoms with Gasteiger partial charge in [-0.2, -0.15) is 8.42 Å². The van der Waals surface area contributed by atoms with E-state index in [1.807, 2.05) is 0 Å². The maximum absolute atomic E-state index is 12.9. The molecule has 1 N–H and O–H groups in total. The van der Waals surface area contributed by atoms with Gasteiger partial charge in [0, 0.05) is 23.9 Å². The molecule has 0 aromatic heterocycles. The molecule has 2 aromatic rings. The van der Waals surface area contributed by atoms with Crippen molar-refractivity contribution in [3.05, 3.63) is 48.0 Å². The van der Waals surface area contributed by atoms with E-state index in [0.29, 0.717) is 41.6 Å². The SMILES string of the molecule is O=C(Nc1ccc2c(c1)OCO2)[C@H]1CCCN1C1=NS(=O)(=O)c2ccccc21. The fraction of sp³-hybridized carbons (Fsp3) is 0.263. The van der Waals surface area contributed by atoms with Crippen molar-refractivity contribution in [3.8, 4) is 11.5 Å². The molecule has 0 saturated carbocycles. The predicted molar refractivity (Wildman–Crippen MR) is 101 cm³/mol. The molecule has 1 atom stereocenters. The Morgan fingerprint density at radius 1 is 1.14 bits per heavy atom. The summed E-state index contributed by atoms with van der Waals surface area (Å²) >= 11 is 0. The lowest BCUT2D eigenvalue weighted by atomic mass is 10.1. The second-order valence-corrected chi connectivity index (χ2v) is 8.37.